The van der Waals surface area contributed by atoms with Crippen LogP contribution < -0.4 is 5.32 Å². The van der Waals surface area contributed by atoms with Crippen LogP contribution in [0.2, 0.25) is 0 Å². The molecular weight excluding hydrogens is 182 g/mol. The van der Waals surface area contributed by atoms with Crippen LogP contribution in [0.25, 0.3) is 0 Å². The zero-order valence-electron chi connectivity index (χ0n) is 8.19. The topological polar surface area (TPSA) is 75.1 Å². The molecule has 1 aromatic rings. The van der Waals surface area contributed by atoms with Gasteiger partial charge < -0.3 is 10.4 Å². The Morgan fingerprint density at radius 2 is 2.21 bits per heavy atom. The van der Waals surface area contributed by atoms with Gasteiger partial charge in [0.2, 0.25) is 0 Å². The quantitative estimate of drug-likeness (QED) is 0.752. The zero-order chi connectivity index (χ0) is 10.6. The molecule has 0 aromatic carbocycles. The van der Waals surface area contributed by atoms with Crippen molar-refractivity contribution < 1.29 is 9.90 Å². The van der Waals surface area contributed by atoms with Crippen molar-refractivity contribution in [3.05, 3.63) is 17.8 Å². The van der Waals surface area contributed by atoms with Gasteiger partial charge in [0.1, 0.15) is 12.4 Å². The molecule has 0 aliphatic rings. The average molecular weight is 195 g/mol. The van der Waals surface area contributed by atoms with Gasteiger partial charge in [-0.2, -0.15) is 5.10 Å². The van der Waals surface area contributed by atoms with E-state index < -0.39 is 5.97 Å². The van der Waals surface area contributed by atoms with Crippen LogP contribution in [0.1, 0.15) is 25.5 Å². The molecule has 0 aliphatic carbocycles. The average Bonchev–Trinajstić information content (AvgIpc) is 2.15. The van der Waals surface area contributed by atoms with Crippen LogP contribution in [-0.2, 0) is 4.79 Å². The number of carboxylic acid groups (broad SMARTS) is 1. The van der Waals surface area contributed by atoms with Crippen LogP contribution in [0.5, 0.6) is 0 Å². The highest BCUT2D eigenvalue weighted by atomic mass is 16.4. The summed E-state index contributed by atoms with van der Waals surface area (Å²) < 4.78 is 0. The maximum absolute atomic E-state index is 10.2. The normalized spacial score (nSPS) is 10.2. The van der Waals surface area contributed by atoms with E-state index in [2.05, 4.69) is 15.5 Å². The van der Waals surface area contributed by atoms with Crippen molar-refractivity contribution in [2.75, 3.05) is 11.9 Å². The second-order valence-electron chi connectivity index (χ2n) is 3.25. The minimum atomic E-state index is -0.917. The molecule has 0 saturated heterocycles. The molecule has 1 aromatic heterocycles. The van der Waals surface area contributed by atoms with E-state index in [4.69, 9.17) is 5.11 Å². The molecule has 0 spiro atoms. The molecule has 2 N–H and O–H groups in total. The van der Waals surface area contributed by atoms with Crippen molar-refractivity contribution in [2.45, 2.75) is 19.8 Å². The maximum atomic E-state index is 10.2. The van der Waals surface area contributed by atoms with Gasteiger partial charge in [-0.15, -0.1) is 5.10 Å². The largest absolute Gasteiger partial charge is 0.480 e. The Morgan fingerprint density at radius 3 is 2.64 bits per heavy atom. The summed E-state index contributed by atoms with van der Waals surface area (Å²) in [5.41, 5.74) is 0.894. The van der Waals surface area contributed by atoms with Crippen LogP contribution in [0.15, 0.2) is 12.1 Å². The predicted molar refractivity (Wildman–Crippen MR) is 52.2 cm³/mol. The van der Waals surface area contributed by atoms with Crippen molar-refractivity contribution in [3.8, 4) is 0 Å². The summed E-state index contributed by atoms with van der Waals surface area (Å²) in [5, 5.41) is 18.8. The molecule has 0 radical (unpaired) electrons. The molecule has 5 nitrogen and oxygen atoms in total. The van der Waals surface area contributed by atoms with Crippen molar-refractivity contribution >= 4 is 11.8 Å². The fourth-order valence-corrected chi connectivity index (χ4v) is 0.911. The van der Waals surface area contributed by atoms with Gasteiger partial charge in [0, 0.05) is 0 Å². The number of hydrogen-bond acceptors (Lipinski definition) is 4. The molecule has 14 heavy (non-hydrogen) atoms. The molecular formula is C9H13N3O2. The third kappa shape index (κ3) is 3.01. The highest BCUT2D eigenvalue weighted by Crippen LogP contribution is 2.11. The molecule has 1 rings (SSSR count). The number of rotatable bonds is 4. The molecule has 0 aliphatic heterocycles. The Kier molecular flexibility index (Phi) is 3.39. The highest BCUT2D eigenvalue weighted by molar-refractivity contribution is 5.72. The predicted octanol–water partition coefficient (Wildman–Crippen LogP) is 1.10. The van der Waals surface area contributed by atoms with E-state index in [1.165, 1.54) is 0 Å². The summed E-state index contributed by atoms with van der Waals surface area (Å²) in [6.45, 7) is 3.90. The Hall–Kier alpha value is -1.65. The third-order valence-electron chi connectivity index (χ3n) is 1.70. The Balaban J connectivity index is 2.59. The number of aliphatic carboxylic acids is 1. The second-order valence-corrected chi connectivity index (χ2v) is 3.25. The van der Waals surface area contributed by atoms with E-state index in [0.29, 0.717) is 11.7 Å². The summed E-state index contributed by atoms with van der Waals surface area (Å²) in [4.78, 5) is 10.2. The monoisotopic (exact) mass is 195 g/mol. The van der Waals surface area contributed by atoms with Gasteiger partial charge in [-0.1, -0.05) is 13.8 Å². The van der Waals surface area contributed by atoms with Crippen LogP contribution in [0, 0.1) is 0 Å². The lowest BCUT2D eigenvalue weighted by molar-refractivity contribution is -0.134. The van der Waals surface area contributed by atoms with Crippen molar-refractivity contribution in [1.29, 1.82) is 0 Å². The number of nitrogens with one attached hydrogen (secondary N) is 1. The lowest BCUT2D eigenvalue weighted by Crippen LogP contribution is -2.13. The summed E-state index contributed by atoms with van der Waals surface area (Å²) in [6, 6.07) is 3.56. The fourth-order valence-electron chi connectivity index (χ4n) is 0.911. The molecule has 0 unspecified atom stereocenters. The standard InChI is InChI=1S/C9H13N3O2/c1-6(2)7-3-4-8(12-11-7)10-5-9(13)14/h3-4,6H,5H2,1-2H3,(H,10,12)(H,13,14). The lowest BCUT2D eigenvalue weighted by Gasteiger charge is -2.04. The smallest absolute Gasteiger partial charge is 0.322 e. The summed E-state index contributed by atoms with van der Waals surface area (Å²) >= 11 is 0. The first-order valence-corrected chi connectivity index (χ1v) is 4.39. The van der Waals surface area contributed by atoms with E-state index in [1.54, 1.807) is 6.07 Å². The zero-order valence-corrected chi connectivity index (χ0v) is 8.19. The molecule has 0 atom stereocenters. The summed E-state index contributed by atoms with van der Waals surface area (Å²) in [5.74, 6) is -0.104. The second kappa shape index (κ2) is 4.55. The fraction of sp³-hybridized carbons (Fsp3) is 0.444. The number of hydrogen-bond donors (Lipinski definition) is 2. The highest BCUT2D eigenvalue weighted by Gasteiger charge is 2.02. The minimum Gasteiger partial charge on any atom is -0.480 e. The molecule has 0 amide bonds. The summed E-state index contributed by atoms with van der Waals surface area (Å²) in [7, 11) is 0. The third-order valence-corrected chi connectivity index (χ3v) is 1.70. The number of aromatic nitrogens is 2. The van der Waals surface area contributed by atoms with E-state index in [9.17, 15) is 4.79 Å². The number of carbonyl (C=O) groups is 1. The van der Waals surface area contributed by atoms with E-state index in [1.807, 2.05) is 19.9 Å². The minimum absolute atomic E-state index is 0.143. The van der Waals surface area contributed by atoms with E-state index in [0.717, 1.165) is 5.69 Å². The van der Waals surface area contributed by atoms with Gasteiger partial charge in [-0.25, -0.2) is 0 Å². The van der Waals surface area contributed by atoms with Crippen LogP contribution in [0.4, 0.5) is 5.82 Å². The first-order chi connectivity index (χ1) is 6.59. The van der Waals surface area contributed by atoms with E-state index >= 15 is 0 Å². The van der Waals surface area contributed by atoms with Gasteiger partial charge in [-0.3, -0.25) is 4.79 Å². The summed E-state index contributed by atoms with van der Waals surface area (Å²) in [6.07, 6.45) is 0. The van der Waals surface area contributed by atoms with Crippen LogP contribution >= 0.6 is 0 Å². The molecule has 5 heteroatoms. The van der Waals surface area contributed by atoms with Gasteiger partial charge in [0.05, 0.1) is 5.69 Å². The van der Waals surface area contributed by atoms with Crippen molar-refractivity contribution in [2.24, 2.45) is 0 Å². The number of nitrogens with zero attached hydrogens (tertiary/aromatic N) is 2. The first kappa shape index (κ1) is 10.4. The Morgan fingerprint density at radius 1 is 1.50 bits per heavy atom. The van der Waals surface area contributed by atoms with Crippen LogP contribution in [0.3, 0.4) is 0 Å². The van der Waals surface area contributed by atoms with Crippen LogP contribution in [-0.4, -0.2) is 27.8 Å². The molecule has 1 heterocycles. The molecule has 76 valence electrons. The van der Waals surface area contributed by atoms with Gasteiger partial charge in [-0.05, 0) is 18.1 Å². The Labute approximate surface area is 82.2 Å². The van der Waals surface area contributed by atoms with Gasteiger partial charge in [0.25, 0.3) is 0 Å². The van der Waals surface area contributed by atoms with Gasteiger partial charge >= 0.3 is 5.97 Å². The molecule has 0 bridgehead atoms. The SMILES string of the molecule is CC(C)c1ccc(NCC(=O)O)nn1. The molecule has 0 fully saturated rings. The maximum Gasteiger partial charge on any atom is 0.322 e. The Bertz CT molecular complexity index is 308. The van der Waals surface area contributed by atoms with Gasteiger partial charge in [0.15, 0.2) is 0 Å². The lowest BCUT2D eigenvalue weighted by atomic mass is 10.1. The molecule has 0 saturated carbocycles. The van der Waals surface area contributed by atoms with Crippen molar-refractivity contribution in [1.82, 2.24) is 10.2 Å². The number of carboxylic acids is 1. The first-order valence-electron chi connectivity index (χ1n) is 4.39. The number of anilines is 1. The van der Waals surface area contributed by atoms with E-state index in [-0.39, 0.29) is 6.54 Å². The van der Waals surface area contributed by atoms with Crippen molar-refractivity contribution in [3.63, 3.8) is 0 Å².